The molecule has 0 unspecified atom stereocenters. The fourth-order valence-electron chi connectivity index (χ4n) is 9.01. The zero-order valence-corrected chi connectivity index (χ0v) is 61.6. The Hall–Kier alpha value is -10.6. The first-order chi connectivity index (χ1) is 48.6. The predicted octanol–water partition coefficient (Wildman–Crippen LogP) is 20.6. The fourth-order valence-corrected chi connectivity index (χ4v) is 9.56. The van der Waals surface area contributed by atoms with Crippen molar-refractivity contribution in [3.63, 3.8) is 0 Å². The lowest BCUT2D eigenvalue weighted by Gasteiger charge is -3.00. The van der Waals surface area contributed by atoms with E-state index in [2.05, 4.69) is 106 Å². The van der Waals surface area contributed by atoms with E-state index in [0.717, 1.165) is 47.2 Å². The molecule has 17 nitrogen and oxygen atoms in total. The van der Waals surface area contributed by atoms with E-state index >= 15 is 0 Å². The monoisotopic (exact) mass is 1500 g/mol. The number of nitrogens with one attached hydrogen (secondary N) is 1. The average Bonchev–Trinajstić information content (AvgIpc) is 1.74. The minimum atomic E-state index is -0.875. The molecule has 0 aliphatic carbocycles. The number of amides is 2. The summed E-state index contributed by atoms with van der Waals surface area (Å²) in [5, 5.41) is 42.2. The van der Waals surface area contributed by atoms with Crippen LogP contribution in [0.5, 0.6) is 5.75 Å². The van der Waals surface area contributed by atoms with E-state index in [4.69, 9.17) is 26.6 Å². The Morgan fingerprint density at radius 2 is 1.03 bits per heavy atom. The number of nitro benzene ring substituents is 2. The summed E-state index contributed by atoms with van der Waals surface area (Å²) in [6, 6.07) is 59.8. The van der Waals surface area contributed by atoms with E-state index in [0.29, 0.717) is 40.4 Å². The largest absolute Gasteiger partial charge is 3.00 e. The van der Waals surface area contributed by atoms with Crippen molar-refractivity contribution in [2.24, 2.45) is 9.98 Å². The van der Waals surface area contributed by atoms with Gasteiger partial charge < -0.3 is 35.1 Å². The van der Waals surface area contributed by atoms with Gasteiger partial charge in [0.15, 0.2) is 0 Å². The Bertz CT molecular complexity index is 4220. The number of non-ortho nitro benzene ring substituents is 2. The first-order valence-electron chi connectivity index (χ1n) is 32.2. The van der Waals surface area contributed by atoms with Crippen molar-refractivity contribution < 1.29 is 52.8 Å². The number of aromatic carboxylic acids is 1. The van der Waals surface area contributed by atoms with Crippen LogP contribution in [0, 0.1) is 72.4 Å². The number of aliphatic carboxylic acids is 1. The van der Waals surface area contributed by atoms with Gasteiger partial charge in [0, 0.05) is 70.6 Å². The lowest BCUT2D eigenvalue weighted by Crippen LogP contribution is -2.32. The Kier molecular flexibility index (Phi) is 43.1. The molecular formula is C81H88BrClF2N6O11P-3. The van der Waals surface area contributed by atoms with Gasteiger partial charge in [-0.15, -0.1) is 24.4 Å². The lowest BCUT2D eigenvalue weighted by molar-refractivity contribution is -0.385. The summed E-state index contributed by atoms with van der Waals surface area (Å²) in [5.74, 6) is -1.68. The number of alkyl halides is 2. The van der Waals surface area contributed by atoms with E-state index in [1.165, 1.54) is 88.5 Å². The van der Waals surface area contributed by atoms with E-state index in [1.807, 2.05) is 97.0 Å². The molecule has 2 aliphatic heterocycles. The van der Waals surface area contributed by atoms with Gasteiger partial charge in [-0.3, -0.25) is 44.6 Å². The van der Waals surface area contributed by atoms with Gasteiger partial charge in [0.2, 0.25) is 11.8 Å². The minimum Gasteiger partial charge on any atom is -3.00 e. The molecule has 11 rings (SSSR count). The topological polar surface area (TPSA) is 244 Å². The highest BCUT2D eigenvalue weighted by molar-refractivity contribution is 9.08. The standard InChI is InChI=1S/C23H18FN3O3.C16H17BrO.C15H10FN3O3.C8H9Cl.C8H8O2.C4H8O2.2C2H6.C2H2.CH4.P/c1-15-6-8-16(9-7-15)14-26-21-11-10-17(27(29)30)12-19(21)23(25-13-22(26)28)18-4-2-3-5-20(18)24;1-13-2-4-14(5-3-13)10-11-18-16-8-6-15(12-17)7-9-16;16-12-4-2-1-3-10(12)15-11-7-9(19(21)22)5-6-13(11)18-14(20)8-17-15;1-7-2-4-8(6-9)5-3-7;1-6-2-4-7(5-3-6)8(9)10;1-2-3-4(5)6;3*1-2;;/h2-12H,13-14H2,1H3;2-9H,10-12H2,1H3;1-7H,8H2,(H,18,20);2-5H,6H2,1H3;2-5H,1H3,(H,9,10);2-3H2,1H3,(H,5,6);2*1-2H3;1-2H;1H4;/q;;;;;;;;;;-3. The summed E-state index contributed by atoms with van der Waals surface area (Å²) in [7, 11) is 0. The van der Waals surface area contributed by atoms with Gasteiger partial charge in [0.1, 0.15) is 30.5 Å². The third kappa shape index (κ3) is 30.7. The van der Waals surface area contributed by atoms with Crippen molar-refractivity contribution in [3.05, 3.63) is 310 Å². The number of terminal acetylenes is 1. The molecule has 2 amide bonds. The highest BCUT2D eigenvalue weighted by atomic mass is 79.9. The zero-order valence-electron chi connectivity index (χ0n) is 58.4. The number of nitrogens with zero attached hydrogens (tertiary/aromatic N) is 5. The van der Waals surface area contributed by atoms with Crippen LogP contribution >= 0.6 is 37.4 Å². The number of carbonyl (C=O) groups is 4. The number of hydrogen-bond acceptors (Lipinski definition) is 11. The maximum Gasteiger partial charge on any atom is 0.335 e. The first-order valence-corrected chi connectivity index (χ1v) is 33.8. The Labute approximate surface area is 620 Å². The number of hydrogen-bond donors (Lipinski definition) is 3. The number of aryl methyl sites for hydroxylation is 4. The number of halogens is 4. The van der Waals surface area contributed by atoms with Crippen molar-refractivity contribution in [2.45, 2.75) is 107 Å². The number of rotatable bonds is 15. The Morgan fingerprint density at radius 3 is 1.47 bits per heavy atom. The molecular weight excluding hydrogens is 1420 g/mol. The normalized spacial score (nSPS) is 11.0. The molecule has 0 atom stereocenters. The maximum absolute atomic E-state index is 14.5. The van der Waals surface area contributed by atoms with Gasteiger partial charge in [-0.05, 0) is 117 Å². The smallest absolute Gasteiger partial charge is 0.335 e. The molecule has 2 aliphatic rings. The minimum absolute atomic E-state index is 0. The lowest BCUT2D eigenvalue weighted by atomic mass is 9.98. The van der Waals surface area contributed by atoms with Crippen molar-refractivity contribution in [1.82, 2.24) is 0 Å². The molecule has 9 aromatic carbocycles. The molecule has 0 aromatic heterocycles. The quantitative estimate of drug-likeness (QED) is 0.0286. The summed E-state index contributed by atoms with van der Waals surface area (Å²) in [6.07, 6.45) is 9.97. The van der Waals surface area contributed by atoms with Crippen LogP contribution in [0.3, 0.4) is 0 Å². The van der Waals surface area contributed by atoms with Gasteiger partial charge >= 0.3 is 11.9 Å². The molecule has 0 fully saturated rings. The molecule has 0 saturated heterocycles. The summed E-state index contributed by atoms with van der Waals surface area (Å²) in [6.45, 7) is 18.6. The number of benzodiazepines with no additional fused rings is 2. The van der Waals surface area contributed by atoms with Crippen LogP contribution < -0.4 is 15.0 Å². The van der Waals surface area contributed by atoms with Gasteiger partial charge in [0.05, 0.1) is 51.4 Å². The number of ether oxygens (including phenoxy) is 1. The molecule has 0 spiro atoms. The molecule has 0 saturated carbocycles. The van der Waals surface area contributed by atoms with Crippen LogP contribution in [0.15, 0.2) is 216 Å². The summed E-state index contributed by atoms with van der Waals surface area (Å²) in [5.41, 5.74) is 11.8. The van der Waals surface area contributed by atoms with Gasteiger partial charge in [-0.25, -0.2) is 13.6 Å². The van der Waals surface area contributed by atoms with Crippen LogP contribution in [-0.2, 0) is 38.6 Å². The van der Waals surface area contributed by atoms with Gasteiger partial charge in [-0.1, -0.05) is 202 Å². The van der Waals surface area contributed by atoms with E-state index < -0.39 is 33.4 Å². The average molecular weight is 1510 g/mol. The Balaban J connectivity index is 0.000000647. The SMILES string of the molecule is C.C#C.CC.CC.CCCC(=O)O.Cc1ccc(C(=O)O)cc1.Cc1ccc(CCOc2ccc(CBr)cc2)cc1.Cc1ccc(CCl)cc1.Cc1ccc(CN2C(=O)CN=C(c3ccccc3F)c3cc([N+](=O)[O-])ccc32)cc1.O=C1CN=C(c2ccccc2F)c2cc([N+](=O)[O-])ccc2N1.[P-3]. The van der Waals surface area contributed by atoms with Crippen LogP contribution in [0.1, 0.15) is 132 Å². The van der Waals surface area contributed by atoms with Crippen molar-refractivity contribution >= 4 is 95.4 Å². The van der Waals surface area contributed by atoms with Crippen LogP contribution in [0.25, 0.3) is 0 Å². The van der Waals surface area contributed by atoms with E-state index in [-0.39, 0.29) is 82.7 Å². The molecule has 103 heavy (non-hydrogen) atoms. The second kappa shape index (κ2) is 49.1. The molecule has 3 N–H and O–H groups in total. The number of nitro groups is 2. The Morgan fingerprint density at radius 1 is 0.602 bits per heavy atom. The number of anilines is 2. The number of carboxylic acid groups (broad SMARTS) is 2. The second-order valence-corrected chi connectivity index (χ2v) is 22.4. The fraction of sp³-hybridized carbons (Fsp3) is 0.235. The summed E-state index contributed by atoms with van der Waals surface area (Å²) in [4.78, 5) is 75.8. The highest BCUT2D eigenvalue weighted by Gasteiger charge is 2.29. The van der Waals surface area contributed by atoms with Gasteiger partial charge in [0.25, 0.3) is 11.4 Å². The van der Waals surface area contributed by atoms with E-state index in [9.17, 15) is 48.2 Å². The van der Waals surface area contributed by atoms with Crippen LogP contribution in [-0.4, -0.2) is 74.9 Å². The van der Waals surface area contributed by atoms with Crippen molar-refractivity contribution in [1.29, 1.82) is 0 Å². The number of carboxylic acids is 2. The van der Waals surface area contributed by atoms with Crippen LogP contribution in [0.4, 0.5) is 31.5 Å². The number of aliphatic imine (C=N–C) groups is 2. The number of carbonyl (C=O) groups excluding carboxylic acids is 2. The van der Waals surface area contributed by atoms with Crippen LogP contribution in [0.2, 0.25) is 0 Å². The predicted molar refractivity (Wildman–Crippen MR) is 418 cm³/mol. The second-order valence-electron chi connectivity index (χ2n) is 21.5. The number of benzene rings is 9. The third-order valence-electron chi connectivity index (χ3n) is 14.1. The molecule has 9 aromatic rings. The maximum atomic E-state index is 14.5. The summed E-state index contributed by atoms with van der Waals surface area (Å²) < 4.78 is 34.3. The zero-order chi connectivity index (χ0) is 75.0. The van der Waals surface area contributed by atoms with Crippen molar-refractivity contribution in [3.8, 4) is 18.6 Å². The number of fused-ring (bicyclic) bond motifs is 2. The van der Waals surface area contributed by atoms with Crippen molar-refractivity contribution in [2.75, 3.05) is 29.9 Å². The summed E-state index contributed by atoms with van der Waals surface area (Å²) >= 11 is 9.01. The molecule has 2 heterocycles. The first kappa shape index (κ1) is 90.4. The molecule has 544 valence electrons. The highest BCUT2D eigenvalue weighted by Crippen LogP contribution is 2.33. The van der Waals surface area contributed by atoms with Gasteiger partial charge in [-0.2, -0.15) is 0 Å². The molecule has 22 heteroatoms. The molecule has 0 radical (unpaired) electrons. The molecule has 0 bridgehead atoms. The third-order valence-corrected chi connectivity index (χ3v) is 15.1. The van der Waals surface area contributed by atoms with E-state index in [1.54, 1.807) is 53.4 Å².